The summed E-state index contributed by atoms with van der Waals surface area (Å²) < 4.78 is 4.66. The van der Waals surface area contributed by atoms with Gasteiger partial charge in [0.1, 0.15) is 5.25 Å². The van der Waals surface area contributed by atoms with Crippen molar-refractivity contribution in [1.82, 2.24) is 0 Å². The van der Waals surface area contributed by atoms with Crippen molar-refractivity contribution in [3.8, 4) is 24.7 Å². The summed E-state index contributed by atoms with van der Waals surface area (Å²) in [6, 6.07) is 0. The zero-order chi connectivity index (χ0) is 7.56. The van der Waals surface area contributed by atoms with Crippen LogP contribution in [0.2, 0.25) is 0 Å². The van der Waals surface area contributed by atoms with Gasteiger partial charge in [-0.3, -0.25) is 0 Å². The summed E-state index contributed by atoms with van der Waals surface area (Å²) in [5, 5.41) is -0.691. The summed E-state index contributed by atoms with van der Waals surface area (Å²) in [4.78, 5) is 10.5. The van der Waals surface area contributed by atoms with E-state index >= 15 is 0 Å². The molecule has 1 saturated heterocycles. The second-order valence-electron chi connectivity index (χ2n) is 1.66. The molecule has 0 saturated carbocycles. The van der Waals surface area contributed by atoms with Crippen LogP contribution in [0, 0.1) is 24.7 Å². The van der Waals surface area contributed by atoms with Crippen LogP contribution in [0.5, 0.6) is 0 Å². The number of terminal acetylenes is 2. The van der Waals surface area contributed by atoms with Crippen LogP contribution in [0.3, 0.4) is 0 Å². The molecule has 1 heterocycles. The minimum atomic E-state index is -0.539. The Labute approximate surface area is 63.3 Å². The number of carbonyl (C=O) groups excluding carboxylic acids is 1. The van der Waals surface area contributed by atoms with Crippen LogP contribution >= 0.6 is 11.8 Å². The Kier molecular flexibility index (Phi) is 1.89. The number of rotatable bonds is 0. The van der Waals surface area contributed by atoms with E-state index in [0.717, 1.165) is 11.8 Å². The van der Waals surface area contributed by atoms with Crippen LogP contribution in [-0.4, -0.2) is 16.7 Å². The third kappa shape index (κ3) is 1.10. The highest BCUT2D eigenvalue weighted by Gasteiger charge is 2.32. The fraction of sp³-hybridized carbons (Fsp3) is 0.286. The van der Waals surface area contributed by atoms with Gasteiger partial charge >= 0.3 is 5.30 Å². The van der Waals surface area contributed by atoms with Crippen LogP contribution in [0.1, 0.15) is 0 Å². The van der Waals surface area contributed by atoms with E-state index in [1.54, 1.807) is 0 Å². The zero-order valence-corrected chi connectivity index (χ0v) is 5.85. The van der Waals surface area contributed by atoms with Gasteiger partial charge in [0.05, 0.1) is 0 Å². The van der Waals surface area contributed by atoms with Gasteiger partial charge in [-0.05, 0) is 11.8 Å². The van der Waals surface area contributed by atoms with Crippen molar-refractivity contribution in [3.05, 3.63) is 0 Å². The Hall–Kier alpha value is -1.06. The molecule has 0 aromatic heterocycles. The third-order valence-electron chi connectivity index (χ3n) is 1.05. The molecular weight excluding hydrogens is 148 g/mol. The molecule has 0 aromatic rings. The molecule has 1 aliphatic heterocycles. The van der Waals surface area contributed by atoms with Crippen molar-refractivity contribution in [2.45, 2.75) is 11.4 Å². The molecule has 0 spiro atoms. The highest BCUT2D eigenvalue weighted by molar-refractivity contribution is 8.14. The molecule has 0 aliphatic carbocycles. The van der Waals surface area contributed by atoms with Crippen LogP contribution in [0.15, 0.2) is 0 Å². The average Bonchev–Trinajstić information content (AvgIpc) is 2.30. The lowest BCUT2D eigenvalue weighted by atomic mass is 10.3. The van der Waals surface area contributed by atoms with Crippen molar-refractivity contribution in [2.75, 3.05) is 0 Å². The van der Waals surface area contributed by atoms with Gasteiger partial charge in [-0.1, -0.05) is 11.8 Å². The van der Waals surface area contributed by atoms with E-state index in [-0.39, 0.29) is 10.6 Å². The minimum Gasteiger partial charge on any atom is -0.439 e. The molecule has 0 amide bonds. The molecule has 1 aliphatic rings. The van der Waals surface area contributed by atoms with Crippen molar-refractivity contribution in [3.63, 3.8) is 0 Å². The molecule has 2 unspecified atom stereocenters. The average molecular weight is 152 g/mol. The molecular formula is C7H4O2S. The predicted octanol–water partition coefficient (Wildman–Crippen LogP) is 0.873. The fourth-order valence-electron chi connectivity index (χ4n) is 0.602. The molecule has 1 fully saturated rings. The lowest BCUT2D eigenvalue weighted by Crippen LogP contribution is -2.14. The number of ether oxygens (including phenoxy) is 1. The van der Waals surface area contributed by atoms with Crippen LogP contribution in [-0.2, 0) is 4.74 Å². The Morgan fingerprint density at radius 2 is 2.20 bits per heavy atom. The molecule has 0 radical (unpaired) electrons. The molecule has 10 heavy (non-hydrogen) atoms. The summed E-state index contributed by atoms with van der Waals surface area (Å²) in [5.74, 6) is 4.66. The predicted molar refractivity (Wildman–Crippen MR) is 39.3 cm³/mol. The molecule has 2 nitrogen and oxygen atoms in total. The molecule has 3 heteroatoms. The van der Waals surface area contributed by atoms with Gasteiger partial charge in [-0.15, -0.1) is 12.8 Å². The first-order chi connectivity index (χ1) is 4.77. The number of cyclic esters (lactones) is 1. The van der Waals surface area contributed by atoms with E-state index < -0.39 is 6.10 Å². The molecule has 1 rings (SSSR count). The molecule has 0 N–H and O–H groups in total. The zero-order valence-electron chi connectivity index (χ0n) is 5.03. The van der Waals surface area contributed by atoms with Crippen molar-refractivity contribution in [1.29, 1.82) is 0 Å². The first-order valence-corrected chi connectivity index (χ1v) is 3.45. The number of hydrogen-bond acceptors (Lipinski definition) is 3. The molecule has 0 bridgehead atoms. The number of thioether (sulfide) groups is 1. The maximum absolute atomic E-state index is 10.5. The second kappa shape index (κ2) is 2.68. The standard InChI is InChI=1S/C7H4O2S/c1-3-5-6(4-2)10-7(8)9-5/h1-2,5-6H. The van der Waals surface area contributed by atoms with Gasteiger partial charge in [0.2, 0.25) is 0 Å². The monoisotopic (exact) mass is 152 g/mol. The van der Waals surface area contributed by atoms with Crippen LogP contribution in [0.4, 0.5) is 4.79 Å². The normalized spacial score (nSPS) is 30.4. The van der Waals surface area contributed by atoms with Crippen LogP contribution in [0.25, 0.3) is 0 Å². The Morgan fingerprint density at radius 3 is 2.60 bits per heavy atom. The van der Waals surface area contributed by atoms with Crippen LogP contribution < -0.4 is 0 Å². The highest BCUT2D eigenvalue weighted by atomic mass is 32.2. The van der Waals surface area contributed by atoms with Gasteiger partial charge in [-0.2, -0.15) is 0 Å². The lowest BCUT2D eigenvalue weighted by molar-refractivity contribution is 0.164. The number of hydrogen-bond donors (Lipinski definition) is 0. The smallest absolute Gasteiger partial charge is 0.370 e. The first kappa shape index (κ1) is 7.05. The highest BCUT2D eigenvalue weighted by Crippen LogP contribution is 2.27. The summed E-state index contributed by atoms with van der Waals surface area (Å²) >= 11 is 0.958. The van der Waals surface area contributed by atoms with E-state index in [1.807, 2.05) is 0 Å². The van der Waals surface area contributed by atoms with Crippen molar-refractivity contribution < 1.29 is 9.53 Å². The minimum absolute atomic E-state index is 0.308. The van der Waals surface area contributed by atoms with E-state index in [0.29, 0.717) is 0 Å². The van der Waals surface area contributed by atoms with Gasteiger partial charge in [0, 0.05) is 0 Å². The Balaban J connectivity index is 2.71. The maximum atomic E-state index is 10.5. The van der Waals surface area contributed by atoms with Gasteiger partial charge in [-0.25, -0.2) is 4.79 Å². The maximum Gasteiger partial charge on any atom is 0.370 e. The van der Waals surface area contributed by atoms with Crippen molar-refractivity contribution in [2.24, 2.45) is 0 Å². The summed E-state index contributed by atoms with van der Waals surface area (Å²) in [7, 11) is 0. The number of carbonyl (C=O) groups is 1. The molecule has 0 aromatic carbocycles. The SMILES string of the molecule is C#CC1OC(=O)SC1C#C. The fourth-order valence-corrected chi connectivity index (χ4v) is 1.29. The second-order valence-corrected chi connectivity index (χ2v) is 2.74. The first-order valence-electron chi connectivity index (χ1n) is 2.57. The summed E-state index contributed by atoms with van der Waals surface area (Å²) in [5.41, 5.74) is 0. The lowest BCUT2D eigenvalue weighted by Gasteiger charge is -2.00. The van der Waals surface area contributed by atoms with Gasteiger partial charge in [0.25, 0.3) is 0 Å². The molecule has 50 valence electrons. The van der Waals surface area contributed by atoms with Crippen molar-refractivity contribution >= 4 is 17.1 Å². The largest absolute Gasteiger partial charge is 0.439 e. The topological polar surface area (TPSA) is 26.3 Å². The summed E-state index contributed by atoms with van der Waals surface area (Å²) in [6.45, 7) is 0. The molecule has 2 atom stereocenters. The Bertz CT molecular complexity index is 209. The Morgan fingerprint density at radius 1 is 1.50 bits per heavy atom. The van der Waals surface area contributed by atoms with E-state index in [9.17, 15) is 4.79 Å². The third-order valence-corrected chi connectivity index (χ3v) is 1.98. The van der Waals surface area contributed by atoms with E-state index in [2.05, 4.69) is 16.6 Å². The summed E-state index contributed by atoms with van der Waals surface area (Å²) in [6.07, 6.45) is 9.55. The van der Waals surface area contributed by atoms with E-state index in [1.165, 1.54) is 0 Å². The quantitative estimate of drug-likeness (QED) is 0.380. The van der Waals surface area contributed by atoms with Gasteiger partial charge < -0.3 is 4.74 Å². The van der Waals surface area contributed by atoms with E-state index in [4.69, 9.17) is 12.8 Å². The van der Waals surface area contributed by atoms with Gasteiger partial charge in [0.15, 0.2) is 6.10 Å².